The highest BCUT2D eigenvalue weighted by molar-refractivity contribution is 7.99. The van der Waals surface area contributed by atoms with Crippen molar-refractivity contribution in [3.05, 3.63) is 11.9 Å². The van der Waals surface area contributed by atoms with Gasteiger partial charge in [0.15, 0.2) is 0 Å². The van der Waals surface area contributed by atoms with Crippen LogP contribution in [0.3, 0.4) is 0 Å². The van der Waals surface area contributed by atoms with Crippen LogP contribution in [0, 0.1) is 0 Å². The number of rotatable bonds is 18. The largest absolute Gasteiger partial charge is 0.480 e. The second-order valence-corrected chi connectivity index (χ2v) is 6.38. The summed E-state index contributed by atoms with van der Waals surface area (Å²) in [6.45, 7) is 4.23. The molecule has 0 spiro atoms. The minimum atomic E-state index is -1.01. The van der Waals surface area contributed by atoms with E-state index in [0.29, 0.717) is 58.4 Å². The summed E-state index contributed by atoms with van der Waals surface area (Å²) < 4.78 is 15.8. The third-order valence-electron chi connectivity index (χ3n) is 3.10. The monoisotopic (exact) mass is 408 g/mol. The van der Waals surface area contributed by atoms with Crippen molar-refractivity contribution in [2.24, 2.45) is 11.5 Å². The minimum Gasteiger partial charge on any atom is -0.480 e. The van der Waals surface area contributed by atoms with Crippen molar-refractivity contribution in [2.75, 3.05) is 65.5 Å². The van der Waals surface area contributed by atoms with Crippen molar-refractivity contribution in [3.63, 3.8) is 0 Å². The Morgan fingerprint density at radius 3 is 2.26 bits per heavy atom. The predicted octanol–water partition coefficient (Wildman–Crippen LogP) is -1.29. The Bertz CT molecular complexity index is 439. The molecule has 0 aliphatic rings. The summed E-state index contributed by atoms with van der Waals surface area (Å²) in [4.78, 5) is 22.5. The van der Waals surface area contributed by atoms with Crippen LogP contribution in [0.2, 0.25) is 0 Å². The first-order chi connectivity index (χ1) is 13.0. The predicted molar refractivity (Wildman–Crippen MR) is 104 cm³/mol. The number of carboxylic acid groups (broad SMARTS) is 1. The van der Waals surface area contributed by atoms with E-state index in [2.05, 4.69) is 10.6 Å². The highest BCUT2D eigenvalue weighted by Crippen LogP contribution is 2.10. The molecule has 0 radical (unpaired) electrons. The van der Waals surface area contributed by atoms with Crippen molar-refractivity contribution in [1.29, 1.82) is 0 Å². The molecule has 0 bridgehead atoms. The van der Waals surface area contributed by atoms with E-state index in [1.165, 1.54) is 0 Å². The van der Waals surface area contributed by atoms with Crippen LogP contribution >= 0.6 is 11.8 Å². The summed E-state index contributed by atoms with van der Waals surface area (Å²) in [5.41, 5.74) is 11.5. The van der Waals surface area contributed by atoms with E-state index in [1.54, 1.807) is 12.5 Å². The van der Waals surface area contributed by atoms with Crippen LogP contribution in [-0.2, 0) is 23.8 Å². The molecule has 1 atom stereocenters. The van der Waals surface area contributed by atoms with E-state index >= 15 is 0 Å². The van der Waals surface area contributed by atoms with Gasteiger partial charge in [-0.05, 0) is 6.26 Å². The van der Waals surface area contributed by atoms with Crippen LogP contribution < -0.4 is 22.1 Å². The van der Waals surface area contributed by atoms with Crippen molar-refractivity contribution < 1.29 is 28.9 Å². The van der Waals surface area contributed by atoms with Crippen molar-refractivity contribution in [3.8, 4) is 0 Å². The molecule has 0 aliphatic carbocycles. The van der Waals surface area contributed by atoms with Gasteiger partial charge in [-0.2, -0.15) is 0 Å². The Morgan fingerprint density at radius 2 is 1.70 bits per heavy atom. The molecule has 0 aromatic rings. The summed E-state index contributed by atoms with van der Waals surface area (Å²) >= 11 is 1.12. The second kappa shape index (κ2) is 17.9. The topological polar surface area (TPSA) is 158 Å². The highest BCUT2D eigenvalue weighted by atomic mass is 32.2. The molecule has 11 heteroatoms. The fourth-order valence-corrected chi connectivity index (χ4v) is 2.24. The van der Waals surface area contributed by atoms with E-state index < -0.39 is 11.2 Å². The molecule has 27 heavy (non-hydrogen) atoms. The van der Waals surface area contributed by atoms with Crippen LogP contribution in [0.15, 0.2) is 11.9 Å². The molecule has 1 unspecified atom stereocenters. The first-order valence-corrected chi connectivity index (χ1v) is 9.93. The van der Waals surface area contributed by atoms with E-state index in [-0.39, 0.29) is 18.9 Å². The molecule has 7 N–H and O–H groups in total. The second-order valence-electron chi connectivity index (χ2n) is 5.34. The van der Waals surface area contributed by atoms with E-state index in [9.17, 15) is 9.59 Å². The summed E-state index contributed by atoms with van der Waals surface area (Å²) in [6.07, 6.45) is 3.14. The Kier molecular flexibility index (Phi) is 16.9. The van der Waals surface area contributed by atoms with Gasteiger partial charge in [0, 0.05) is 31.4 Å². The molecule has 1 amide bonds. The van der Waals surface area contributed by atoms with Gasteiger partial charge in [-0.3, -0.25) is 9.59 Å². The molecule has 0 saturated heterocycles. The number of ether oxygens (including phenoxy) is 3. The molecular formula is C16H32N4O6S. The maximum atomic E-state index is 11.7. The van der Waals surface area contributed by atoms with E-state index in [4.69, 9.17) is 30.8 Å². The van der Waals surface area contributed by atoms with Gasteiger partial charge in [0.05, 0.1) is 46.2 Å². The zero-order valence-electron chi connectivity index (χ0n) is 15.8. The molecule has 0 saturated carbocycles. The number of carboxylic acids is 1. The molecule has 0 aromatic carbocycles. The van der Waals surface area contributed by atoms with Gasteiger partial charge >= 0.3 is 5.97 Å². The number of amides is 1. The van der Waals surface area contributed by atoms with Crippen LogP contribution in [0.1, 0.15) is 6.42 Å². The Hall–Kier alpha value is -1.53. The first-order valence-electron chi connectivity index (χ1n) is 8.64. The lowest BCUT2D eigenvalue weighted by molar-refractivity contribution is -0.138. The average Bonchev–Trinajstić information content (AvgIpc) is 2.65. The van der Waals surface area contributed by atoms with Crippen molar-refractivity contribution in [1.82, 2.24) is 10.6 Å². The van der Waals surface area contributed by atoms with Crippen molar-refractivity contribution >= 4 is 23.6 Å². The molecular weight excluding hydrogens is 376 g/mol. The number of hydrogen-bond donors (Lipinski definition) is 5. The van der Waals surface area contributed by atoms with Gasteiger partial charge in [-0.1, -0.05) is 0 Å². The molecule has 0 rings (SSSR count). The zero-order valence-corrected chi connectivity index (χ0v) is 16.6. The van der Waals surface area contributed by atoms with Gasteiger partial charge < -0.3 is 41.4 Å². The molecule has 0 aliphatic heterocycles. The van der Waals surface area contributed by atoms with Crippen LogP contribution in [0.5, 0.6) is 0 Å². The Balaban J connectivity index is 3.57. The Morgan fingerprint density at radius 1 is 1.11 bits per heavy atom. The maximum absolute atomic E-state index is 11.7. The minimum absolute atomic E-state index is 0.0910. The third-order valence-corrected chi connectivity index (χ3v) is 4.04. The SMILES string of the molecule is CSC(CC(=O)NC/C(N)=C/NCCOCCOCCOCCN)C(=O)O. The lowest BCUT2D eigenvalue weighted by Gasteiger charge is -2.10. The maximum Gasteiger partial charge on any atom is 0.317 e. The Labute approximate surface area is 164 Å². The van der Waals surface area contributed by atoms with Gasteiger partial charge in [-0.15, -0.1) is 11.8 Å². The normalized spacial score (nSPS) is 12.6. The number of carbonyl (C=O) groups excluding carboxylic acids is 1. The molecule has 0 heterocycles. The average molecular weight is 409 g/mol. The molecule has 158 valence electrons. The van der Waals surface area contributed by atoms with E-state index in [1.807, 2.05) is 0 Å². The number of hydrogen-bond acceptors (Lipinski definition) is 9. The zero-order chi connectivity index (χ0) is 20.3. The van der Waals surface area contributed by atoms with Crippen LogP contribution in [-0.4, -0.2) is 87.8 Å². The molecule has 10 nitrogen and oxygen atoms in total. The van der Waals surface area contributed by atoms with Gasteiger partial charge in [0.1, 0.15) is 5.25 Å². The summed E-state index contributed by atoms with van der Waals surface area (Å²) in [5.74, 6) is -1.36. The van der Waals surface area contributed by atoms with E-state index in [0.717, 1.165) is 11.8 Å². The first kappa shape index (κ1) is 25.5. The fourth-order valence-electron chi connectivity index (χ4n) is 1.72. The van der Waals surface area contributed by atoms with Crippen molar-refractivity contribution in [2.45, 2.75) is 11.7 Å². The molecule has 0 fully saturated rings. The van der Waals surface area contributed by atoms with Crippen LogP contribution in [0.25, 0.3) is 0 Å². The van der Waals surface area contributed by atoms with Gasteiger partial charge in [0.25, 0.3) is 0 Å². The quantitative estimate of drug-likeness (QED) is 0.173. The third kappa shape index (κ3) is 16.4. The fraction of sp³-hybridized carbons (Fsp3) is 0.750. The van der Waals surface area contributed by atoms with Gasteiger partial charge in [0.2, 0.25) is 5.91 Å². The standard InChI is InChI=1S/C16H32N4O6S/c1-27-14(16(22)23)10-15(21)20-12-13(18)11-19-3-5-25-7-9-26-8-6-24-4-2-17/h11,14,19H,2-10,12,17-18H2,1H3,(H,20,21)(H,22,23)/b13-11-. The molecule has 0 aromatic heterocycles. The summed E-state index contributed by atoms with van der Waals surface area (Å²) in [5, 5.41) is 13.7. The number of carbonyl (C=O) groups is 2. The number of thioether (sulfide) groups is 1. The number of nitrogens with two attached hydrogens (primary N) is 2. The smallest absolute Gasteiger partial charge is 0.317 e. The van der Waals surface area contributed by atoms with Crippen LogP contribution in [0.4, 0.5) is 0 Å². The highest BCUT2D eigenvalue weighted by Gasteiger charge is 2.19. The van der Waals surface area contributed by atoms with Gasteiger partial charge in [-0.25, -0.2) is 0 Å². The number of aliphatic carboxylic acids is 1. The lowest BCUT2D eigenvalue weighted by atomic mass is 10.3. The lowest BCUT2D eigenvalue weighted by Crippen LogP contribution is -2.32. The number of nitrogens with one attached hydrogen (secondary N) is 2. The summed E-state index contributed by atoms with van der Waals surface area (Å²) in [6, 6.07) is 0. The summed E-state index contributed by atoms with van der Waals surface area (Å²) in [7, 11) is 0.